The van der Waals surface area contributed by atoms with Crippen LogP contribution < -0.4 is 10.1 Å². The number of pyridine rings is 2. The number of nitrogens with one attached hydrogen (secondary N) is 1. The van der Waals surface area contributed by atoms with Crippen LogP contribution in [-0.4, -0.2) is 88.1 Å². The van der Waals surface area contributed by atoms with E-state index in [1.54, 1.807) is 60.0 Å². The van der Waals surface area contributed by atoms with Gasteiger partial charge >= 0.3 is 24.1 Å². The van der Waals surface area contributed by atoms with Crippen LogP contribution >= 0.6 is 0 Å². The fourth-order valence-electron chi connectivity index (χ4n) is 6.31. The molecule has 2 fully saturated rings. The highest BCUT2D eigenvalue weighted by Crippen LogP contribution is 2.41. The Kier molecular flexibility index (Phi) is 12.2. The van der Waals surface area contributed by atoms with E-state index >= 15 is 0 Å². The Balaban J connectivity index is 1.41. The molecule has 13 nitrogen and oxygen atoms in total. The molecule has 0 aromatic carbocycles. The molecule has 1 saturated heterocycles. The Morgan fingerprint density at radius 2 is 1.69 bits per heavy atom. The molecule has 2 aromatic heterocycles. The standard InChI is InChI=1S/C39H56N4O9/c1-22(14-13-15-24-18-29(24)50-35(46)42-31(37(3,4)5)34(45)51-38(6,7)8)30-23(2)26-20-40-17-16-27(26)41-32(30)49-25-19-28(33(44)48-12)43(21-25)36(47)52-39(9,10)11/h16-17,20,24-25,28-29,31H,1,13-15,18-19,21H2,2-12H3,(H,42,46)/t24-,25?,28+,29-,31-/m1/s1. The van der Waals surface area contributed by atoms with Crippen LogP contribution in [-0.2, 0) is 28.5 Å². The van der Waals surface area contributed by atoms with Crippen LogP contribution in [0.3, 0.4) is 0 Å². The smallest absolute Gasteiger partial charge is 0.411 e. The van der Waals surface area contributed by atoms with Crippen molar-refractivity contribution in [2.45, 2.75) is 137 Å². The molecule has 1 N–H and O–H groups in total. The van der Waals surface area contributed by atoms with Crippen LogP contribution in [0.2, 0.25) is 0 Å². The lowest BCUT2D eigenvalue weighted by Gasteiger charge is -2.32. The number of likely N-dealkylation sites (tertiary alicyclic amines) is 1. The summed E-state index contributed by atoms with van der Waals surface area (Å²) in [5.41, 5.74) is 1.17. The van der Waals surface area contributed by atoms with Gasteiger partial charge in [-0.2, -0.15) is 0 Å². The average molecular weight is 725 g/mol. The van der Waals surface area contributed by atoms with Crippen molar-refractivity contribution in [2.75, 3.05) is 13.7 Å². The van der Waals surface area contributed by atoms with Crippen molar-refractivity contribution in [3.05, 3.63) is 36.2 Å². The van der Waals surface area contributed by atoms with E-state index in [1.807, 2.05) is 27.7 Å². The number of amides is 2. The first-order valence-corrected chi connectivity index (χ1v) is 17.9. The fourth-order valence-corrected chi connectivity index (χ4v) is 6.31. The number of aromatic nitrogens is 2. The molecular formula is C39H56N4O9. The van der Waals surface area contributed by atoms with E-state index in [1.165, 1.54) is 12.0 Å². The van der Waals surface area contributed by atoms with Gasteiger partial charge in [-0.05, 0) is 103 Å². The van der Waals surface area contributed by atoms with Crippen molar-refractivity contribution in [1.29, 1.82) is 0 Å². The number of allylic oxidation sites excluding steroid dienone is 1. The molecule has 1 aliphatic heterocycles. The minimum atomic E-state index is -0.866. The van der Waals surface area contributed by atoms with Crippen LogP contribution in [0, 0.1) is 18.3 Å². The number of hydrogen-bond acceptors (Lipinski definition) is 11. The number of alkyl carbamates (subject to hydrolysis) is 1. The minimum Gasteiger partial charge on any atom is -0.472 e. The van der Waals surface area contributed by atoms with E-state index in [0.29, 0.717) is 17.8 Å². The van der Waals surface area contributed by atoms with Crippen molar-refractivity contribution in [3.8, 4) is 5.88 Å². The number of fused-ring (bicyclic) bond motifs is 1. The zero-order valence-corrected chi connectivity index (χ0v) is 32.6. The topological polar surface area (TPSA) is 155 Å². The summed E-state index contributed by atoms with van der Waals surface area (Å²) in [6.07, 6.45) is 4.52. The van der Waals surface area contributed by atoms with Crippen LogP contribution in [0.4, 0.5) is 9.59 Å². The predicted octanol–water partition coefficient (Wildman–Crippen LogP) is 6.92. The van der Waals surface area contributed by atoms with E-state index < -0.39 is 58.9 Å². The summed E-state index contributed by atoms with van der Waals surface area (Å²) in [6, 6.07) is 0.0807. The Bertz CT molecular complexity index is 1670. The second-order valence-corrected chi connectivity index (χ2v) is 16.9. The molecule has 4 rings (SSSR count). The Hall–Kier alpha value is -4.42. The highest BCUT2D eigenvalue weighted by atomic mass is 16.6. The largest absolute Gasteiger partial charge is 0.472 e. The van der Waals surface area contributed by atoms with E-state index in [0.717, 1.165) is 41.3 Å². The van der Waals surface area contributed by atoms with Gasteiger partial charge in [0.05, 0.1) is 19.2 Å². The summed E-state index contributed by atoms with van der Waals surface area (Å²) in [4.78, 5) is 61.9. The summed E-state index contributed by atoms with van der Waals surface area (Å²) in [5, 5.41) is 3.59. The lowest BCUT2D eigenvalue weighted by molar-refractivity contribution is -0.160. The van der Waals surface area contributed by atoms with Gasteiger partial charge in [0.1, 0.15) is 35.5 Å². The molecule has 52 heavy (non-hydrogen) atoms. The van der Waals surface area contributed by atoms with Crippen molar-refractivity contribution >= 4 is 40.6 Å². The molecule has 13 heteroatoms. The maximum absolute atomic E-state index is 13.1. The number of nitrogens with zero attached hydrogens (tertiary/aromatic N) is 3. The lowest BCUT2D eigenvalue weighted by atomic mass is 9.86. The molecule has 0 radical (unpaired) electrons. The number of hydrogen-bond donors (Lipinski definition) is 1. The SMILES string of the molecule is C=C(CCC[C@@H]1C[C@H]1OC(=O)N[C@H](C(=O)OC(C)(C)C)C(C)(C)C)c1c(OC2C[C@@H](C(=O)OC)N(C(=O)OC(C)(C)C)C2)nc2ccncc2c1C. The highest BCUT2D eigenvalue weighted by Gasteiger charge is 2.45. The van der Waals surface area contributed by atoms with Gasteiger partial charge in [-0.25, -0.2) is 24.2 Å². The quantitative estimate of drug-likeness (QED) is 0.190. The molecule has 2 aliphatic rings. The number of carbonyl (C=O) groups excluding carboxylic acids is 4. The number of esters is 2. The Morgan fingerprint density at radius 3 is 2.31 bits per heavy atom. The molecule has 286 valence electrons. The summed E-state index contributed by atoms with van der Waals surface area (Å²) in [6.45, 7) is 22.7. The van der Waals surface area contributed by atoms with Crippen LogP contribution in [0.25, 0.3) is 16.5 Å². The third-order valence-corrected chi connectivity index (χ3v) is 8.95. The average Bonchev–Trinajstić information content (AvgIpc) is 3.60. The molecule has 2 amide bonds. The summed E-state index contributed by atoms with van der Waals surface area (Å²) < 4.78 is 28.3. The van der Waals surface area contributed by atoms with Crippen molar-refractivity contribution < 1.29 is 42.9 Å². The van der Waals surface area contributed by atoms with Gasteiger partial charge in [0.25, 0.3) is 0 Å². The van der Waals surface area contributed by atoms with Crippen molar-refractivity contribution in [1.82, 2.24) is 20.2 Å². The van der Waals surface area contributed by atoms with E-state index in [4.69, 9.17) is 28.7 Å². The van der Waals surface area contributed by atoms with Gasteiger partial charge in [0.2, 0.25) is 5.88 Å². The molecule has 1 unspecified atom stereocenters. The highest BCUT2D eigenvalue weighted by molar-refractivity contribution is 5.88. The maximum atomic E-state index is 13.1. The normalized spacial score (nSPS) is 20.9. The van der Waals surface area contributed by atoms with Gasteiger partial charge in [0.15, 0.2) is 0 Å². The minimum absolute atomic E-state index is 0.112. The summed E-state index contributed by atoms with van der Waals surface area (Å²) >= 11 is 0. The van der Waals surface area contributed by atoms with Gasteiger partial charge in [-0.3, -0.25) is 9.88 Å². The lowest BCUT2D eigenvalue weighted by Crippen LogP contribution is -2.51. The molecule has 2 aromatic rings. The Labute approximate surface area is 307 Å². The second-order valence-electron chi connectivity index (χ2n) is 16.9. The molecule has 1 saturated carbocycles. The number of carbonyl (C=O) groups is 4. The van der Waals surface area contributed by atoms with Crippen LogP contribution in [0.15, 0.2) is 25.0 Å². The molecule has 1 aliphatic carbocycles. The number of rotatable bonds is 11. The molecule has 0 spiro atoms. The zero-order valence-electron chi connectivity index (χ0n) is 32.6. The maximum Gasteiger partial charge on any atom is 0.411 e. The Morgan fingerprint density at radius 1 is 1.02 bits per heavy atom. The number of aryl methyl sites for hydroxylation is 1. The zero-order chi connectivity index (χ0) is 38.8. The first-order valence-electron chi connectivity index (χ1n) is 17.9. The molecule has 0 bridgehead atoms. The van der Waals surface area contributed by atoms with Gasteiger partial charge < -0.3 is 29.0 Å². The monoisotopic (exact) mass is 724 g/mol. The third-order valence-electron chi connectivity index (χ3n) is 8.95. The molecule has 3 heterocycles. The molecular weight excluding hydrogens is 668 g/mol. The van der Waals surface area contributed by atoms with Crippen molar-refractivity contribution in [3.63, 3.8) is 0 Å². The fraction of sp³-hybridized carbons (Fsp3) is 0.641. The second kappa shape index (κ2) is 15.7. The van der Waals surface area contributed by atoms with E-state index in [9.17, 15) is 19.2 Å². The van der Waals surface area contributed by atoms with Crippen LogP contribution in [0.5, 0.6) is 5.88 Å². The number of ether oxygens (including phenoxy) is 5. The van der Waals surface area contributed by atoms with Gasteiger partial charge in [-0.1, -0.05) is 27.4 Å². The first-order chi connectivity index (χ1) is 24.1. The van der Waals surface area contributed by atoms with Gasteiger partial charge in [0, 0.05) is 29.8 Å². The van der Waals surface area contributed by atoms with Crippen LogP contribution in [0.1, 0.15) is 106 Å². The van der Waals surface area contributed by atoms with Crippen molar-refractivity contribution in [2.24, 2.45) is 11.3 Å². The third kappa shape index (κ3) is 10.6. The molecule has 5 atom stereocenters. The van der Waals surface area contributed by atoms with Gasteiger partial charge in [-0.15, -0.1) is 0 Å². The summed E-state index contributed by atoms with van der Waals surface area (Å²) in [5.74, 6) is -0.496. The van der Waals surface area contributed by atoms with E-state index in [2.05, 4.69) is 16.9 Å². The first kappa shape index (κ1) is 40.4. The number of methoxy groups -OCH3 is 1. The predicted molar refractivity (Wildman–Crippen MR) is 196 cm³/mol. The van der Waals surface area contributed by atoms with E-state index in [-0.39, 0.29) is 25.0 Å². The summed E-state index contributed by atoms with van der Waals surface area (Å²) in [7, 11) is 1.29.